The maximum Gasteiger partial charge on any atom is 0 e. The van der Waals surface area contributed by atoms with E-state index in [2.05, 4.69) is 0 Å². The summed E-state index contributed by atoms with van der Waals surface area (Å²) in [5, 5.41) is 0. The minimum absolute atomic E-state index is 0. The third-order valence-electron chi connectivity index (χ3n) is 1.79. The summed E-state index contributed by atoms with van der Waals surface area (Å²) in [5.41, 5.74) is 0.871. The summed E-state index contributed by atoms with van der Waals surface area (Å²) in [7, 11) is 0. The monoisotopic (exact) mass is 237 g/mol. The van der Waals surface area contributed by atoms with Crippen LogP contribution in [-0.4, -0.2) is 12.6 Å². The van der Waals surface area contributed by atoms with Crippen LogP contribution in [0.1, 0.15) is 6.92 Å². The fourth-order valence-electron chi connectivity index (χ4n) is 1.10. The summed E-state index contributed by atoms with van der Waals surface area (Å²) in [6, 6.07) is 0. The molecule has 0 aromatic rings. The molecule has 1 radical (unpaired) electrons. The maximum atomic E-state index is 10.4. The van der Waals surface area contributed by atoms with E-state index >= 15 is 0 Å². The Morgan fingerprint density at radius 2 is 2.00 bits per heavy atom. The minimum Gasteiger partial charge on any atom is -0.541 e. The number of allylic oxidation sites excluding steroid dienone is 4. The van der Waals surface area contributed by atoms with Gasteiger partial charge >= 0.3 is 0 Å². The second-order valence-electron chi connectivity index (χ2n) is 2.53. The van der Waals surface area contributed by atoms with Crippen molar-refractivity contribution in [3.05, 3.63) is 23.8 Å². The van der Waals surface area contributed by atoms with Crippen molar-refractivity contribution >= 4 is 12.6 Å². The first-order valence-electron chi connectivity index (χ1n) is 3.40. The van der Waals surface area contributed by atoms with Gasteiger partial charge in [-0.3, -0.25) is 12.6 Å². The van der Waals surface area contributed by atoms with Crippen molar-refractivity contribution in [3.63, 3.8) is 0 Å². The zero-order valence-electron chi connectivity index (χ0n) is 6.78. The third kappa shape index (κ3) is 2.46. The molecular formula is C9H8O2Y-2. The fraction of sp³-hybridized carbons (Fsp3) is 0.333. The van der Waals surface area contributed by atoms with Crippen LogP contribution in [0, 0.1) is 11.8 Å². The van der Waals surface area contributed by atoms with E-state index < -0.39 is 11.8 Å². The van der Waals surface area contributed by atoms with E-state index in [0.29, 0.717) is 0 Å². The van der Waals surface area contributed by atoms with E-state index in [0.717, 1.165) is 5.57 Å². The summed E-state index contributed by atoms with van der Waals surface area (Å²) < 4.78 is 0. The van der Waals surface area contributed by atoms with E-state index in [1.54, 1.807) is 18.4 Å². The molecule has 0 amide bonds. The van der Waals surface area contributed by atoms with Crippen LogP contribution >= 0.6 is 0 Å². The molecule has 2 nitrogen and oxygen atoms in total. The normalized spacial score (nSPS) is 26.9. The quantitative estimate of drug-likeness (QED) is 0.670. The molecule has 0 aromatic heterocycles. The van der Waals surface area contributed by atoms with Crippen molar-refractivity contribution in [2.75, 3.05) is 0 Å². The van der Waals surface area contributed by atoms with Gasteiger partial charge in [0, 0.05) is 32.7 Å². The van der Waals surface area contributed by atoms with Crippen molar-refractivity contribution in [3.8, 4) is 0 Å². The molecule has 0 saturated heterocycles. The van der Waals surface area contributed by atoms with Gasteiger partial charge in [-0.15, -0.1) is 17.9 Å². The van der Waals surface area contributed by atoms with Crippen molar-refractivity contribution in [1.29, 1.82) is 0 Å². The van der Waals surface area contributed by atoms with Gasteiger partial charge in [0.25, 0.3) is 0 Å². The summed E-state index contributed by atoms with van der Waals surface area (Å²) in [6.45, 7) is 1.81. The number of hydrogen-bond donors (Lipinski definition) is 0. The van der Waals surface area contributed by atoms with Gasteiger partial charge in [-0.25, -0.2) is 0 Å². The second kappa shape index (κ2) is 5.55. The summed E-state index contributed by atoms with van der Waals surface area (Å²) >= 11 is 0. The molecule has 0 aliphatic heterocycles. The van der Waals surface area contributed by atoms with Crippen molar-refractivity contribution in [2.45, 2.75) is 6.92 Å². The number of carbonyl (C=O) groups excluding carboxylic acids is 2. The molecule has 1 rings (SSSR count). The first kappa shape index (κ1) is 11.9. The molecule has 0 saturated carbocycles. The Bertz CT molecular complexity index is 231. The van der Waals surface area contributed by atoms with E-state index in [1.807, 2.05) is 19.3 Å². The molecule has 12 heavy (non-hydrogen) atoms. The average molecular weight is 237 g/mol. The Labute approximate surface area is 97.0 Å². The molecule has 61 valence electrons. The van der Waals surface area contributed by atoms with Gasteiger partial charge < -0.3 is 9.59 Å². The van der Waals surface area contributed by atoms with Gasteiger partial charge in [0.05, 0.1) is 0 Å². The summed E-state index contributed by atoms with van der Waals surface area (Å²) in [4.78, 5) is 20.7. The maximum absolute atomic E-state index is 10.4. The zero-order valence-corrected chi connectivity index (χ0v) is 9.62. The Morgan fingerprint density at radius 1 is 1.33 bits per heavy atom. The molecular weight excluding hydrogens is 229 g/mol. The van der Waals surface area contributed by atoms with Crippen LogP contribution in [0.4, 0.5) is 0 Å². The largest absolute Gasteiger partial charge is 0.541 e. The Kier molecular flexibility index (Phi) is 5.51. The molecule has 1 aliphatic rings. The Balaban J connectivity index is 0.00000121. The van der Waals surface area contributed by atoms with Gasteiger partial charge in [0.2, 0.25) is 0 Å². The molecule has 2 atom stereocenters. The van der Waals surface area contributed by atoms with Crippen molar-refractivity contribution < 1.29 is 42.3 Å². The fourth-order valence-corrected chi connectivity index (χ4v) is 1.10. The van der Waals surface area contributed by atoms with Gasteiger partial charge in [0.1, 0.15) is 0 Å². The summed E-state index contributed by atoms with van der Waals surface area (Å²) in [5.74, 6) is -0.852. The molecule has 0 heterocycles. The average Bonchev–Trinajstić information content (AvgIpc) is 2.04. The van der Waals surface area contributed by atoms with E-state index in [4.69, 9.17) is 0 Å². The minimum atomic E-state index is -0.433. The third-order valence-corrected chi connectivity index (χ3v) is 1.79. The molecule has 1 aliphatic carbocycles. The van der Waals surface area contributed by atoms with Crippen LogP contribution in [0.25, 0.3) is 0 Å². The van der Waals surface area contributed by atoms with E-state index in [9.17, 15) is 9.59 Å². The molecule has 0 N–H and O–H groups in total. The standard InChI is InChI=1S/C9H8O2.Y/c1-7-3-2-4-8(5-10)9(7)6-11;/h2-4,8-9H,1H3;/q-2;. The number of hydrogen-bond acceptors (Lipinski definition) is 2. The van der Waals surface area contributed by atoms with Crippen LogP contribution in [0.5, 0.6) is 0 Å². The first-order valence-corrected chi connectivity index (χ1v) is 3.40. The molecule has 0 spiro atoms. The first-order chi connectivity index (χ1) is 5.29. The predicted octanol–water partition coefficient (Wildman–Crippen LogP) is 0.952. The molecule has 2 unspecified atom stereocenters. The van der Waals surface area contributed by atoms with E-state index in [1.165, 1.54) is 0 Å². The molecule has 0 aromatic carbocycles. The molecule has 0 bridgehead atoms. The smallest absolute Gasteiger partial charge is 0 e. The van der Waals surface area contributed by atoms with Gasteiger partial charge in [0.15, 0.2) is 0 Å². The zero-order chi connectivity index (χ0) is 8.27. The predicted molar refractivity (Wildman–Crippen MR) is 41.3 cm³/mol. The van der Waals surface area contributed by atoms with Crippen LogP contribution in [0.15, 0.2) is 23.8 Å². The molecule has 3 heteroatoms. The van der Waals surface area contributed by atoms with Gasteiger partial charge in [-0.2, -0.15) is 0 Å². The molecule has 0 fully saturated rings. The second-order valence-corrected chi connectivity index (χ2v) is 2.53. The number of rotatable bonds is 2. The topological polar surface area (TPSA) is 34.1 Å². The summed E-state index contributed by atoms with van der Waals surface area (Å²) in [6.07, 6.45) is 8.85. The van der Waals surface area contributed by atoms with Crippen molar-refractivity contribution in [2.24, 2.45) is 11.8 Å². The van der Waals surface area contributed by atoms with Crippen LogP contribution in [0.2, 0.25) is 0 Å². The van der Waals surface area contributed by atoms with Crippen LogP contribution in [-0.2, 0) is 42.3 Å². The van der Waals surface area contributed by atoms with Crippen molar-refractivity contribution in [1.82, 2.24) is 0 Å². The van der Waals surface area contributed by atoms with Crippen LogP contribution in [0.3, 0.4) is 0 Å². The van der Waals surface area contributed by atoms with Gasteiger partial charge in [-0.1, -0.05) is 17.7 Å². The van der Waals surface area contributed by atoms with Gasteiger partial charge in [-0.05, 0) is 6.92 Å². The Hall–Kier alpha value is -0.0761. The SMILES string of the molecule is CC1=CC=CC([C-]=O)C1[C-]=O.[Y]. The van der Waals surface area contributed by atoms with E-state index in [-0.39, 0.29) is 32.7 Å². The Morgan fingerprint density at radius 3 is 2.42 bits per heavy atom. The van der Waals surface area contributed by atoms with Crippen LogP contribution < -0.4 is 0 Å².